The molecule has 3 aromatic rings. The van der Waals surface area contributed by atoms with Crippen molar-refractivity contribution in [3.8, 4) is 0 Å². The number of benzene rings is 2. The maximum Gasteiger partial charge on any atom is 0.255 e. The molecule has 9 heteroatoms. The molecule has 0 unspecified atom stereocenters. The lowest BCUT2D eigenvalue weighted by Gasteiger charge is -2.34. The molecule has 1 aliphatic heterocycles. The predicted octanol–water partition coefficient (Wildman–Crippen LogP) is 2.86. The molecule has 1 aromatic heterocycles. The molecule has 0 spiro atoms. The molecule has 1 fully saturated rings. The first-order valence-electron chi connectivity index (χ1n) is 10.3. The standard InChI is InChI=1S/C23H25N5O3S/c1-17-3-4-19(15-18(17)2)23(29)26-20-5-7-21(8-6-20)32(30,31)28-13-11-27(12-14-28)22-16-24-9-10-25-22/h3-10,15-16H,11-14H2,1-2H3,(H,26,29). The van der Waals surface area contributed by atoms with Crippen LogP contribution in [-0.2, 0) is 10.0 Å². The summed E-state index contributed by atoms with van der Waals surface area (Å²) in [7, 11) is -3.62. The van der Waals surface area contributed by atoms with Crippen molar-refractivity contribution in [3.63, 3.8) is 0 Å². The zero-order valence-corrected chi connectivity index (χ0v) is 18.8. The van der Waals surface area contributed by atoms with Gasteiger partial charge in [0, 0.05) is 49.8 Å². The number of anilines is 2. The zero-order chi connectivity index (χ0) is 22.7. The molecule has 1 aliphatic rings. The zero-order valence-electron chi connectivity index (χ0n) is 18.0. The quantitative estimate of drug-likeness (QED) is 0.641. The van der Waals surface area contributed by atoms with Crippen LogP contribution in [0.2, 0.25) is 0 Å². The van der Waals surface area contributed by atoms with E-state index in [1.165, 1.54) is 16.4 Å². The van der Waals surface area contributed by atoms with E-state index in [1.54, 1.807) is 36.8 Å². The number of amides is 1. The molecule has 0 radical (unpaired) electrons. The van der Waals surface area contributed by atoms with Gasteiger partial charge in [0.1, 0.15) is 5.82 Å². The predicted molar refractivity (Wildman–Crippen MR) is 123 cm³/mol. The Morgan fingerprint density at radius 3 is 2.28 bits per heavy atom. The van der Waals surface area contributed by atoms with E-state index in [0.717, 1.165) is 16.9 Å². The Morgan fingerprint density at radius 2 is 1.66 bits per heavy atom. The van der Waals surface area contributed by atoms with Crippen LogP contribution in [0.15, 0.2) is 66.0 Å². The topological polar surface area (TPSA) is 95.5 Å². The Labute approximate surface area is 188 Å². The molecular formula is C23H25N5O3S. The van der Waals surface area contributed by atoms with Crippen molar-refractivity contribution >= 4 is 27.4 Å². The number of piperazine rings is 1. The first kappa shape index (κ1) is 21.9. The summed E-state index contributed by atoms with van der Waals surface area (Å²) in [6.45, 7) is 5.77. The number of carbonyl (C=O) groups excluding carboxylic acids is 1. The van der Waals surface area contributed by atoms with Crippen molar-refractivity contribution in [2.75, 3.05) is 36.4 Å². The van der Waals surface area contributed by atoms with Gasteiger partial charge in [-0.05, 0) is 61.4 Å². The highest BCUT2D eigenvalue weighted by Gasteiger charge is 2.29. The van der Waals surface area contributed by atoms with Crippen molar-refractivity contribution in [3.05, 3.63) is 77.7 Å². The number of hydrogen-bond donors (Lipinski definition) is 1. The van der Waals surface area contributed by atoms with Crippen LogP contribution in [0.4, 0.5) is 11.5 Å². The van der Waals surface area contributed by atoms with Crippen LogP contribution in [0.1, 0.15) is 21.5 Å². The van der Waals surface area contributed by atoms with Gasteiger partial charge in [0.25, 0.3) is 5.91 Å². The van der Waals surface area contributed by atoms with Crippen LogP contribution in [0.3, 0.4) is 0 Å². The molecule has 0 bridgehead atoms. The van der Waals surface area contributed by atoms with Crippen LogP contribution in [-0.4, -0.2) is 54.8 Å². The normalized spacial score (nSPS) is 14.9. The fourth-order valence-corrected chi connectivity index (χ4v) is 4.98. The Bertz CT molecular complexity index is 1210. The van der Waals surface area contributed by atoms with Crippen LogP contribution in [0.25, 0.3) is 0 Å². The minimum Gasteiger partial charge on any atom is -0.353 e. The monoisotopic (exact) mass is 451 g/mol. The summed E-state index contributed by atoms with van der Waals surface area (Å²) in [6, 6.07) is 11.8. The van der Waals surface area contributed by atoms with Crippen molar-refractivity contribution in [1.29, 1.82) is 0 Å². The number of aromatic nitrogens is 2. The lowest BCUT2D eigenvalue weighted by molar-refractivity contribution is 0.102. The van der Waals surface area contributed by atoms with Gasteiger partial charge in [0.05, 0.1) is 11.1 Å². The second-order valence-corrected chi connectivity index (χ2v) is 9.67. The molecule has 1 amide bonds. The SMILES string of the molecule is Cc1ccc(C(=O)Nc2ccc(S(=O)(=O)N3CCN(c4cnccn4)CC3)cc2)cc1C. The van der Waals surface area contributed by atoms with E-state index in [4.69, 9.17) is 0 Å². The average molecular weight is 452 g/mol. The second-order valence-electron chi connectivity index (χ2n) is 7.73. The lowest BCUT2D eigenvalue weighted by atomic mass is 10.1. The number of rotatable bonds is 5. The molecule has 1 N–H and O–H groups in total. The summed E-state index contributed by atoms with van der Waals surface area (Å²) in [5.74, 6) is 0.511. The third-order valence-electron chi connectivity index (χ3n) is 5.63. The fraction of sp³-hybridized carbons (Fsp3) is 0.261. The van der Waals surface area contributed by atoms with Crippen molar-refractivity contribution < 1.29 is 13.2 Å². The second kappa shape index (κ2) is 9.05. The first-order chi connectivity index (χ1) is 15.3. The smallest absolute Gasteiger partial charge is 0.255 e. The van der Waals surface area contributed by atoms with Gasteiger partial charge in [0.2, 0.25) is 10.0 Å². The third-order valence-corrected chi connectivity index (χ3v) is 7.54. The van der Waals surface area contributed by atoms with Crippen LogP contribution >= 0.6 is 0 Å². The summed E-state index contributed by atoms with van der Waals surface area (Å²) in [6.07, 6.45) is 4.91. The van der Waals surface area contributed by atoms with Gasteiger partial charge in [-0.15, -0.1) is 0 Å². The summed E-state index contributed by atoms with van der Waals surface area (Å²) in [5, 5.41) is 2.82. The molecule has 4 rings (SSSR count). The minimum absolute atomic E-state index is 0.203. The van der Waals surface area contributed by atoms with Gasteiger partial charge in [-0.3, -0.25) is 9.78 Å². The summed E-state index contributed by atoms with van der Waals surface area (Å²) >= 11 is 0. The highest BCUT2D eigenvalue weighted by molar-refractivity contribution is 7.89. The van der Waals surface area contributed by atoms with Gasteiger partial charge < -0.3 is 10.2 Å². The average Bonchev–Trinajstić information content (AvgIpc) is 2.82. The van der Waals surface area contributed by atoms with Gasteiger partial charge in [-0.25, -0.2) is 13.4 Å². The van der Waals surface area contributed by atoms with Gasteiger partial charge in [-0.1, -0.05) is 6.07 Å². The lowest BCUT2D eigenvalue weighted by Crippen LogP contribution is -2.48. The molecule has 2 aromatic carbocycles. The maximum atomic E-state index is 13.0. The Balaban J connectivity index is 1.40. The van der Waals surface area contributed by atoms with Gasteiger partial charge >= 0.3 is 0 Å². The summed E-state index contributed by atoms with van der Waals surface area (Å²) in [4.78, 5) is 23.1. The number of nitrogens with zero attached hydrogens (tertiary/aromatic N) is 4. The number of sulfonamides is 1. The van der Waals surface area contributed by atoms with Crippen LogP contribution in [0, 0.1) is 13.8 Å². The van der Waals surface area contributed by atoms with E-state index in [0.29, 0.717) is 37.4 Å². The number of aryl methyl sites for hydroxylation is 2. The molecule has 166 valence electrons. The van der Waals surface area contributed by atoms with E-state index in [2.05, 4.69) is 15.3 Å². The van der Waals surface area contributed by atoms with E-state index >= 15 is 0 Å². The Kier molecular flexibility index (Phi) is 6.20. The first-order valence-corrected chi connectivity index (χ1v) is 11.8. The highest BCUT2D eigenvalue weighted by atomic mass is 32.2. The third kappa shape index (κ3) is 4.63. The Morgan fingerprint density at radius 1 is 0.938 bits per heavy atom. The van der Waals surface area contributed by atoms with Gasteiger partial charge in [0.15, 0.2) is 0 Å². The molecule has 32 heavy (non-hydrogen) atoms. The molecule has 8 nitrogen and oxygen atoms in total. The maximum absolute atomic E-state index is 13.0. The molecular weight excluding hydrogens is 426 g/mol. The minimum atomic E-state index is -3.62. The summed E-state index contributed by atoms with van der Waals surface area (Å²) < 4.78 is 27.6. The van der Waals surface area contributed by atoms with Gasteiger partial charge in [-0.2, -0.15) is 4.31 Å². The van der Waals surface area contributed by atoms with Crippen molar-refractivity contribution in [1.82, 2.24) is 14.3 Å². The molecule has 0 saturated carbocycles. The molecule has 1 saturated heterocycles. The van der Waals surface area contributed by atoms with E-state index in [1.807, 2.05) is 30.9 Å². The number of hydrogen-bond acceptors (Lipinski definition) is 6. The van der Waals surface area contributed by atoms with Crippen LogP contribution in [0.5, 0.6) is 0 Å². The largest absolute Gasteiger partial charge is 0.353 e. The van der Waals surface area contributed by atoms with Crippen LogP contribution < -0.4 is 10.2 Å². The number of carbonyl (C=O) groups is 1. The Hall–Kier alpha value is -3.30. The highest BCUT2D eigenvalue weighted by Crippen LogP contribution is 2.22. The molecule has 2 heterocycles. The van der Waals surface area contributed by atoms with Crippen molar-refractivity contribution in [2.24, 2.45) is 0 Å². The fourth-order valence-electron chi connectivity index (χ4n) is 3.56. The molecule has 0 aliphatic carbocycles. The molecule has 0 atom stereocenters. The summed E-state index contributed by atoms with van der Waals surface area (Å²) in [5.41, 5.74) is 3.26. The van der Waals surface area contributed by atoms with E-state index in [-0.39, 0.29) is 10.8 Å². The van der Waals surface area contributed by atoms with E-state index in [9.17, 15) is 13.2 Å². The number of nitrogens with one attached hydrogen (secondary N) is 1. The van der Waals surface area contributed by atoms with Crippen molar-refractivity contribution in [2.45, 2.75) is 18.7 Å². The van der Waals surface area contributed by atoms with E-state index < -0.39 is 10.0 Å².